The molecule has 4 nitrogen and oxygen atoms in total. The maximum absolute atomic E-state index is 12.9. The SMILES string of the molecule is N=C(N)/C=C\Nc1ncccc1F. The lowest BCUT2D eigenvalue weighted by atomic mass is 10.4. The molecule has 68 valence electrons. The minimum atomic E-state index is -0.448. The molecule has 0 spiro atoms. The van der Waals surface area contributed by atoms with Crippen LogP contribution >= 0.6 is 0 Å². The zero-order valence-electron chi connectivity index (χ0n) is 6.79. The standard InChI is InChI=1S/C8H9FN4/c9-6-2-1-4-12-8(6)13-5-3-7(10)11/h1-5H,(H3,10,11)(H,12,13)/b5-3-. The van der Waals surface area contributed by atoms with E-state index < -0.39 is 5.82 Å². The van der Waals surface area contributed by atoms with Crippen LogP contribution in [0.3, 0.4) is 0 Å². The maximum Gasteiger partial charge on any atom is 0.166 e. The second-order valence-corrected chi connectivity index (χ2v) is 2.27. The van der Waals surface area contributed by atoms with Crippen molar-refractivity contribution in [2.45, 2.75) is 0 Å². The number of hydrogen-bond acceptors (Lipinski definition) is 3. The Bertz CT molecular complexity index is 335. The number of hydrogen-bond donors (Lipinski definition) is 3. The van der Waals surface area contributed by atoms with Crippen molar-refractivity contribution in [3.63, 3.8) is 0 Å². The van der Waals surface area contributed by atoms with Crippen molar-refractivity contribution < 1.29 is 4.39 Å². The van der Waals surface area contributed by atoms with Crippen molar-refractivity contribution in [2.24, 2.45) is 5.73 Å². The van der Waals surface area contributed by atoms with Gasteiger partial charge in [-0.15, -0.1) is 0 Å². The van der Waals surface area contributed by atoms with Gasteiger partial charge < -0.3 is 11.1 Å². The summed E-state index contributed by atoms with van der Waals surface area (Å²) < 4.78 is 12.9. The fourth-order valence-electron chi connectivity index (χ4n) is 0.702. The number of rotatable bonds is 3. The minimum Gasteiger partial charge on any atom is -0.384 e. The van der Waals surface area contributed by atoms with Gasteiger partial charge in [0.2, 0.25) is 0 Å². The molecule has 1 heterocycles. The molecule has 0 saturated heterocycles. The highest BCUT2D eigenvalue weighted by molar-refractivity contribution is 5.88. The van der Waals surface area contributed by atoms with Crippen LogP contribution in [0, 0.1) is 11.2 Å². The Balaban J connectivity index is 2.64. The number of halogens is 1. The summed E-state index contributed by atoms with van der Waals surface area (Å²) in [6.45, 7) is 0. The molecular formula is C8H9FN4. The van der Waals surface area contributed by atoms with Crippen LogP contribution < -0.4 is 11.1 Å². The number of amidine groups is 1. The molecule has 0 aromatic carbocycles. The summed E-state index contributed by atoms with van der Waals surface area (Å²) in [5.74, 6) is -0.445. The molecule has 1 aromatic heterocycles. The zero-order valence-corrected chi connectivity index (χ0v) is 6.79. The topological polar surface area (TPSA) is 74.8 Å². The summed E-state index contributed by atoms with van der Waals surface area (Å²) in [5.41, 5.74) is 5.04. The number of pyridine rings is 1. The summed E-state index contributed by atoms with van der Waals surface area (Å²) in [7, 11) is 0. The van der Waals surface area contributed by atoms with Crippen LogP contribution in [-0.4, -0.2) is 10.8 Å². The highest BCUT2D eigenvalue weighted by Crippen LogP contribution is 2.07. The van der Waals surface area contributed by atoms with Gasteiger partial charge in [-0.05, 0) is 18.2 Å². The smallest absolute Gasteiger partial charge is 0.166 e. The number of nitrogens with one attached hydrogen (secondary N) is 2. The molecule has 0 aliphatic rings. The molecule has 13 heavy (non-hydrogen) atoms. The van der Waals surface area contributed by atoms with E-state index in [9.17, 15) is 4.39 Å². The van der Waals surface area contributed by atoms with Gasteiger partial charge in [0, 0.05) is 12.4 Å². The Morgan fingerprint density at radius 1 is 1.69 bits per heavy atom. The second kappa shape index (κ2) is 4.20. The minimum absolute atomic E-state index is 0.108. The summed E-state index contributed by atoms with van der Waals surface area (Å²) in [6.07, 6.45) is 4.12. The normalized spacial score (nSPS) is 10.2. The van der Waals surface area contributed by atoms with Crippen molar-refractivity contribution in [2.75, 3.05) is 5.32 Å². The lowest BCUT2D eigenvalue weighted by Gasteiger charge is -1.99. The van der Waals surface area contributed by atoms with Crippen LogP contribution in [0.5, 0.6) is 0 Å². The molecular weight excluding hydrogens is 171 g/mol. The third-order valence-corrected chi connectivity index (χ3v) is 1.24. The van der Waals surface area contributed by atoms with E-state index in [1.807, 2.05) is 0 Å². The molecule has 5 heteroatoms. The van der Waals surface area contributed by atoms with Crippen LogP contribution in [0.2, 0.25) is 0 Å². The predicted molar refractivity (Wildman–Crippen MR) is 48.9 cm³/mol. The Hall–Kier alpha value is -1.91. The van der Waals surface area contributed by atoms with Gasteiger partial charge >= 0.3 is 0 Å². The summed E-state index contributed by atoms with van der Waals surface area (Å²) >= 11 is 0. The van der Waals surface area contributed by atoms with Gasteiger partial charge in [0.1, 0.15) is 5.84 Å². The first kappa shape index (κ1) is 9.18. The molecule has 0 saturated carbocycles. The highest BCUT2D eigenvalue weighted by Gasteiger charge is 1.97. The van der Waals surface area contributed by atoms with Gasteiger partial charge in [-0.2, -0.15) is 0 Å². The average Bonchev–Trinajstić information content (AvgIpc) is 2.08. The zero-order chi connectivity index (χ0) is 9.68. The van der Waals surface area contributed by atoms with Crippen molar-refractivity contribution in [1.29, 1.82) is 5.41 Å². The fraction of sp³-hybridized carbons (Fsp3) is 0. The molecule has 0 atom stereocenters. The third-order valence-electron chi connectivity index (χ3n) is 1.24. The van der Waals surface area contributed by atoms with E-state index in [4.69, 9.17) is 11.1 Å². The van der Waals surface area contributed by atoms with Crippen molar-refractivity contribution >= 4 is 11.7 Å². The molecule has 1 rings (SSSR count). The Morgan fingerprint density at radius 2 is 2.46 bits per heavy atom. The molecule has 0 amide bonds. The van der Waals surface area contributed by atoms with Crippen molar-refractivity contribution in [3.05, 3.63) is 36.4 Å². The largest absolute Gasteiger partial charge is 0.384 e. The van der Waals surface area contributed by atoms with Crippen LogP contribution in [0.15, 0.2) is 30.6 Å². The fourth-order valence-corrected chi connectivity index (χ4v) is 0.702. The van der Waals surface area contributed by atoms with Crippen LogP contribution in [0.1, 0.15) is 0 Å². The van der Waals surface area contributed by atoms with E-state index >= 15 is 0 Å². The van der Waals surface area contributed by atoms with E-state index in [2.05, 4.69) is 10.3 Å². The Kier molecular flexibility index (Phi) is 2.97. The summed E-state index contributed by atoms with van der Waals surface area (Å²) in [5, 5.41) is 9.41. The number of nitrogens with two attached hydrogens (primary N) is 1. The van der Waals surface area contributed by atoms with Crippen LogP contribution in [0.4, 0.5) is 10.2 Å². The molecule has 0 aliphatic carbocycles. The number of nitrogens with zero attached hydrogens (tertiary/aromatic N) is 1. The van der Waals surface area contributed by atoms with Gasteiger partial charge in [-0.1, -0.05) is 0 Å². The molecule has 0 fully saturated rings. The van der Waals surface area contributed by atoms with Gasteiger partial charge in [0.05, 0.1) is 0 Å². The van der Waals surface area contributed by atoms with E-state index in [0.717, 1.165) is 0 Å². The molecule has 4 N–H and O–H groups in total. The van der Waals surface area contributed by atoms with E-state index in [0.29, 0.717) is 0 Å². The number of aromatic nitrogens is 1. The summed E-state index contributed by atoms with van der Waals surface area (Å²) in [4.78, 5) is 3.73. The van der Waals surface area contributed by atoms with Crippen LogP contribution in [-0.2, 0) is 0 Å². The van der Waals surface area contributed by atoms with Crippen molar-refractivity contribution in [1.82, 2.24) is 4.98 Å². The van der Waals surface area contributed by atoms with E-state index in [1.165, 1.54) is 30.6 Å². The Morgan fingerprint density at radius 3 is 3.08 bits per heavy atom. The molecule has 0 aliphatic heterocycles. The lowest BCUT2D eigenvalue weighted by Crippen LogP contribution is -2.05. The monoisotopic (exact) mass is 180 g/mol. The summed E-state index contributed by atoms with van der Waals surface area (Å²) in [6, 6.07) is 2.78. The second-order valence-electron chi connectivity index (χ2n) is 2.27. The van der Waals surface area contributed by atoms with Crippen LogP contribution in [0.25, 0.3) is 0 Å². The first-order chi connectivity index (χ1) is 6.20. The number of anilines is 1. The third kappa shape index (κ3) is 2.90. The molecule has 1 aromatic rings. The lowest BCUT2D eigenvalue weighted by molar-refractivity contribution is 0.626. The van der Waals surface area contributed by atoms with E-state index in [-0.39, 0.29) is 11.7 Å². The molecule has 0 bridgehead atoms. The van der Waals surface area contributed by atoms with Gasteiger partial charge in [0.25, 0.3) is 0 Å². The van der Waals surface area contributed by atoms with Crippen molar-refractivity contribution in [3.8, 4) is 0 Å². The molecule has 0 radical (unpaired) electrons. The van der Waals surface area contributed by atoms with Gasteiger partial charge in [0.15, 0.2) is 11.6 Å². The highest BCUT2D eigenvalue weighted by atomic mass is 19.1. The van der Waals surface area contributed by atoms with E-state index in [1.54, 1.807) is 0 Å². The Labute approximate surface area is 74.8 Å². The first-order valence-corrected chi connectivity index (χ1v) is 3.58. The predicted octanol–water partition coefficient (Wildman–Crippen LogP) is 1.08. The first-order valence-electron chi connectivity index (χ1n) is 3.58. The quantitative estimate of drug-likeness (QED) is 0.481. The van der Waals surface area contributed by atoms with Gasteiger partial charge in [-0.25, -0.2) is 9.37 Å². The van der Waals surface area contributed by atoms with Gasteiger partial charge in [-0.3, -0.25) is 5.41 Å². The average molecular weight is 180 g/mol. The maximum atomic E-state index is 12.9. The molecule has 0 unspecified atom stereocenters.